The lowest BCUT2D eigenvalue weighted by Gasteiger charge is -2.26. The van der Waals surface area contributed by atoms with Crippen molar-refractivity contribution in [1.82, 2.24) is 4.90 Å². The van der Waals surface area contributed by atoms with Crippen LogP contribution >= 0.6 is 23.5 Å². The molecular formula is C16H25BrF2NO3P. The lowest BCUT2D eigenvalue weighted by molar-refractivity contribution is 0.0341. The topological polar surface area (TPSA) is 49.8 Å². The molecule has 138 valence electrons. The summed E-state index contributed by atoms with van der Waals surface area (Å²) in [6.45, 7) is 9.55. The zero-order chi connectivity index (χ0) is 18.5. The summed E-state index contributed by atoms with van der Waals surface area (Å²) in [5.41, 5.74) is -3.68. The van der Waals surface area contributed by atoms with Crippen molar-refractivity contribution in [2.24, 2.45) is 0 Å². The monoisotopic (exact) mass is 427 g/mol. The van der Waals surface area contributed by atoms with E-state index in [1.807, 2.05) is 13.8 Å². The van der Waals surface area contributed by atoms with Crippen LogP contribution in [-0.2, 0) is 21.3 Å². The Kier molecular flexibility index (Phi) is 8.01. The minimum atomic E-state index is -5.14. The van der Waals surface area contributed by atoms with Crippen LogP contribution in [0, 0.1) is 0 Å². The maximum atomic E-state index is 14.5. The number of halogens is 3. The van der Waals surface area contributed by atoms with Gasteiger partial charge in [-0.2, -0.15) is 8.78 Å². The number of benzene rings is 1. The number of hydrogen-bond acceptors (Lipinski definition) is 3. The lowest BCUT2D eigenvalue weighted by atomic mass is 10.1. The van der Waals surface area contributed by atoms with Crippen molar-refractivity contribution < 1.29 is 22.8 Å². The van der Waals surface area contributed by atoms with E-state index in [2.05, 4.69) is 20.8 Å². The Morgan fingerprint density at radius 1 is 1.33 bits per heavy atom. The van der Waals surface area contributed by atoms with Gasteiger partial charge in [0.2, 0.25) is 0 Å². The molecule has 1 N–H and O–H groups in total. The first-order valence-electron chi connectivity index (χ1n) is 7.99. The van der Waals surface area contributed by atoms with Crippen LogP contribution in [0.3, 0.4) is 0 Å². The van der Waals surface area contributed by atoms with Gasteiger partial charge in [-0.15, -0.1) is 0 Å². The average Bonchev–Trinajstić information content (AvgIpc) is 2.51. The van der Waals surface area contributed by atoms with Crippen molar-refractivity contribution in [2.45, 2.75) is 52.4 Å². The van der Waals surface area contributed by atoms with Crippen LogP contribution < -0.4 is 0 Å². The van der Waals surface area contributed by atoms with Gasteiger partial charge < -0.3 is 9.42 Å². The van der Waals surface area contributed by atoms with E-state index in [0.717, 1.165) is 18.7 Å². The van der Waals surface area contributed by atoms with Gasteiger partial charge in [-0.25, -0.2) is 0 Å². The maximum absolute atomic E-state index is 14.5. The Hall–Kier alpha value is -0.330. The molecule has 0 aliphatic heterocycles. The Labute approximate surface area is 150 Å². The van der Waals surface area contributed by atoms with E-state index in [9.17, 15) is 18.2 Å². The molecule has 2 unspecified atom stereocenters. The van der Waals surface area contributed by atoms with Crippen LogP contribution in [0.4, 0.5) is 8.78 Å². The van der Waals surface area contributed by atoms with Crippen molar-refractivity contribution >= 4 is 23.5 Å². The molecule has 8 heteroatoms. The molecule has 0 radical (unpaired) electrons. The molecule has 1 aromatic rings. The molecule has 0 aromatic heterocycles. The molecular weight excluding hydrogens is 403 g/mol. The van der Waals surface area contributed by atoms with Gasteiger partial charge in [-0.05, 0) is 38.1 Å². The molecule has 0 spiro atoms. The minimum absolute atomic E-state index is 0.0965. The van der Waals surface area contributed by atoms with Crippen LogP contribution in [0.15, 0.2) is 22.7 Å². The van der Waals surface area contributed by atoms with Gasteiger partial charge in [0.05, 0.1) is 6.10 Å². The van der Waals surface area contributed by atoms with Gasteiger partial charge in [0, 0.05) is 16.6 Å². The molecule has 24 heavy (non-hydrogen) atoms. The number of alkyl halides is 2. The molecule has 0 bridgehead atoms. The van der Waals surface area contributed by atoms with Crippen LogP contribution in [-0.4, -0.2) is 29.0 Å². The van der Waals surface area contributed by atoms with E-state index in [0.29, 0.717) is 13.0 Å². The third-order valence-electron chi connectivity index (χ3n) is 3.91. The van der Waals surface area contributed by atoms with E-state index in [1.165, 1.54) is 13.0 Å². The first kappa shape index (κ1) is 21.7. The first-order chi connectivity index (χ1) is 11.1. The summed E-state index contributed by atoms with van der Waals surface area (Å²) in [5, 5.41) is 0. The van der Waals surface area contributed by atoms with E-state index in [1.54, 1.807) is 19.1 Å². The van der Waals surface area contributed by atoms with Gasteiger partial charge in [-0.1, -0.05) is 48.8 Å². The molecule has 0 heterocycles. The molecule has 1 aromatic carbocycles. The standard InChI is InChI=1S/C16H25BrF2NO3P/c1-5-12(4)23-24(21,22)16(18,19)14-9-8-13(10-15(14)17)11-20(6-2)7-3/h8-10,12H,5-7,11H2,1-4H3,(H,21,22). The van der Waals surface area contributed by atoms with E-state index >= 15 is 0 Å². The largest absolute Gasteiger partial charge is 0.402 e. The predicted octanol–water partition coefficient (Wildman–Crippen LogP) is 5.34. The number of nitrogens with zero attached hydrogens (tertiary/aromatic N) is 1. The van der Waals surface area contributed by atoms with Crippen LogP contribution in [0.25, 0.3) is 0 Å². The molecule has 2 atom stereocenters. The zero-order valence-electron chi connectivity index (χ0n) is 14.4. The Balaban J connectivity index is 3.10. The Morgan fingerprint density at radius 2 is 1.92 bits per heavy atom. The normalized spacial score (nSPS) is 16.2. The molecule has 0 aliphatic carbocycles. The fraction of sp³-hybridized carbons (Fsp3) is 0.625. The van der Waals surface area contributed by atoms with Gasteiger partial charge in [-0.3, -0.25) is 9.46 Å². The number of hydrogen-bond donors (Lipinski definition) is 1. The molecule has 0 amide bonds. The second-order valence-corrected chi connectivity index (χ2v) is 8.33. The Morgan fingerprint density at radius 3 is 2.38 bits per heavy atom. The van der Waals surface area contributed by atoms with Crippen LogP contribution in [0.1, 0.15) is 45.2 Å². The van der Waals surface area contributed by atoms with E-state index < -0.39 is 24.9 Å². The third kappa shape index (κ3) is 5.09. The summed E-state index contributed by atoms with van der Waals surface area (Å²) < 4.78 is 46.0. The van der Waals surface area contributed by atoms with Crippen molar-refractivity contribution in [3.05, 3.63) is 33.8 Å². The van der Waals surface area contributed by atoms with Crippen molar-refractivity contribution in [3.63, 3.8) is 0 Å². The molecule has 4 nitrogen and oxygen atoms in total. The molecule has 1 rings (SSSR count). The maximum Gasteiger partial charge on any atom is 0.402 e. The lowest BCUT2D eigenvalue weighted by Crippen LogP contribution is -2.22. The van der Waals surface area contributed by atoms with Gasteiger partial charge in [0.25, 0.3) is 0 Å². The third-order valence-corrected chi connectivity index (χ3v) is 6.16. The predicted molar refractivity (Wildman–Crippen MR) is 95.3 cm³/mol. The van der Waals surface area contributed by atoms with Crippen LogP contribution in [0.5, 0.6) is 0 Å². The van der Waals surface area contributed by atoms with Crippen LogP contribution in [0.2, 0.25) is 0 Å². The number of rotatable bonds is 9. The summed E-state index contributed by atoms with van der Waals surface area (Å²) in [5.74, 6) is 0. The molecule has 0 aliphatic rings. The average molecular weight is 428 g/mol. The highest BCUT2D eigenvalue weighted by Crippen LogP contribution is 2.64. The SMILES string of the molecule is CCC(C)OP(=O)(O)C(F)(F)c1ccc(CN(CC)CC)cc1Br. The second-order valence-electron chi connectivity index (χ2n) is 5.66. The minimum Gasteiger partial charge on any atom is -0.320 e. The molecule has 0 saturated heterocycles. The van der Waals surface area contributed by atoms with Crippen molar-refractivity contribution in [3.8, 4) is 0 Å². The van der Waals surface area contributed by atoms with Gasteiger partial charge in [0.1, 0.15) is 0 Å². The van der Waals surface area contributed by atoms with Gasteiger partial charge in [0.15, 0.2) is 0 Å². The van der Waals surface area contributed by atoms with Crippen molar-refractivity contribution in [1.29, 1.82) is 0 Å². The molecule has 0 saturated carbocycles. The summed E-state index contributed by atoms with van der Waals surface area (Å²) in [4.78, 5) is 11.9. The summed E-state index contributed by atoms with van der Waals surface area (Å²) in [6.07, 6.45) is -0.364. The fourth-order valence-electron chi connectivity index (χ4n) is 2.14. The van der Waals surface area contributed by atoms with Crippen molar-refractivity contribution in [2.75, 3.05) is 13.1 Å². The second kappa shape index (κ2) is 8.86. The summed E-state index contributed by atoms with van der Waals surface area (Å²) in [7, 11) is -5.14. The van der Waals surface area contributed by atoms with Gasteiger partial charge >= 0.3 is 13.3 Å². The Bertz CT molecular complexity index is 597. The summed E-state index contributed by atoms with van der Waals surface area (Å²) >= 11 is 3.11. The molecule has 0 fully saturated rings. The highest BCUT2D eigenvalue weighted by Gasteiger charge is 2.54. The van der Waals surface area contributed by atoms with E-state index in [4.69, 9.17) is 4.52 Å². The highest BCUT2D eigenvalue weighted by atomic mass is 79.9. The first-order valence-corrected chi connectivity index (χ1v) is 10.4. The quantitative estimate of drug-likeness (QED) is 0.540. The fourth-order valence-corrected chi connectivity index (χ4v) is 4.24. The summed E-state index contributed by atoms with van der Waals surface area (Å²) in [6, 6.07) is 4.30. The zero-order valence-corrected chi connectivity index (χ0v) is 16.9. The smallest absolute Gasteiger partial charge is 0.320 e. The van der Waals surface area contributed by atoms with E-state index in [-0.39, 0.29) is 4.47 Å². The highest BCUT2D eigenvalue weighted by molar-refractivity contribution is 9.10.